The maximum absolute atomic E-state index is 12.0. The van der Waals surface area contributed by atoms with Crippen molar-refractivity contribution in [3.63, 3.8) is 0 Å². The van der Waals surface area contributed by atoms with Crippen LogP contribution in [0.3, 0.4) is 0 Å². The Morgan fingerprint density at radius 1 is 1.40 bits per heavy atom. The molecule has 1 aromatic carbocycles. The fourth-order valence-corrected chi connectivity index (χ4v) is 2.31. The summed E-state index contributed by atoms with van der Waals surface area (Å²) in [6, 6.07) is 7.13. The van der Waals surface area contributed by atoms with Crippen molar-refractivity contribution in [2.75, 3.05) is 13.2 Å². The number of ether oxygens (including phenoxy) is 1. The lowest BCUT2D eigenvalue weighted by molar-refractivity contribution is -0.122. The fraction of sp³-hybridized carbons (Fsp3) is 0.562. The number of rotatable bonds is 7. The van der Waals surface area contributed by atoms with Crippen molar-refractivity contribution in [1.29, 1.82) is 0 Å². The summed E-state index contributed by atoms with van der Waals surface area (Å²) in [4.78, 5) is 12.0. The van der Waals surface area contributed by atoms with Gasteiger partial charge in [0.05, 0.1) is 6.10 Å². The van der Waals surface area contributed by atoms with Crippen LogP contribution in [0.1, 0.15) is 38.2 Å². The third-order valence-electron chi connectivity index (χ3n) is 3.52. The first-order valence-electron chi connectivity index (χ1n) is 7.26. The van der Waals surface area contributed by atoms with Crippen molar-refractivity contribution in [3.8, 4) is 5.75 Å². The van der Waals surface area contributed by atoms with E-state index in [1.54, 1.807) is 12.1 Å². The van der Waals surface area contributed by atoms with Crippen LogP contribution in [0.5, 0.6) is 5.75 Å². The van der Waals surface area contributed by atoms with Gasteiger partial charge in [0.25, 0.3) is 0 Å². The van der Waals surface area contributed by atoms with Gasteiger partial charge in [-0.2, -0.15) is 0 Å². The van der Waals surface area contributed by atoms with Crippen molar-refractivity contribution in [3.05, 3.63) is 29.8 Å². The van der Waals surface area contributed by atoms with Crippen LogP contribution in [-0.4, -0.2) is 30.3 Å². The van der Waals surface area contributed by atoms with E-state index in [0.717, 1.165) is 18.4 Å². The molecule has 0 bridgehead atoms. The van der Waals surface area contributed by atoms with E-state index in [4.69, 9.17) is 4.74 Å². The van der Waals surface area contributed by atoms with Crippen LogP contribution in [0.25, 0.3) is 0 Å². The third-order valence-corrected chi connectivity index (χ3v) is 3.52. The van der Waals surface area contributed by atoms with E-state index in [0.29, 0.717) is 19.1 Å². The zero-order chi connectivity index (χ0) is 14.5. The summed E-state index contributed by atoms with van der Waals surface area (Å²) in [5.41, 5.74) is 1.13. The number of carbonyl (C=O) groups is 1. The van der Waals surface area contributed by atoms with Crippen LogP contribution in [0.4, 0.5) is 0 Å². The number of carbonyl (C=O) groups excluding carboxylic acids is 1. The predicted octanol–water partition coefficient (Wildman–Crippen LogP) is 2.43. The minimum absolute atomic E-state index is 0.0885. The van der Waals surface area contributed by atoms with E-state index in [1.165, 1.54) is 0 Å². The number of phenols is 1. The Morgan fingerprint density at radius 2 is 2.10 bits per heavy atom. The largest absolute Gasteiger partial charge is 0.508 e. The molecule has 0 aliphatic heterocycles. The molecule has 0 aromatic heterocycles. The van der Waals surface area contributed by atoms with Gasteiger partial charge in [-0.25, -0.2) is 0 Å². The van der Waals surface area contributed by atoms with E-state index in [-0.39, 0.29) is 23.7 Å². The van der Waals surface area contributed by atoms with Gasteiger partial charge in [-0.3, -0.25) is 4.79 Å². The molecule has 2 rings (SSSR count). The van der Waals surface area contributed by atoms with E-state index in [9.17, 15) is 9.90 Å². The van der Waals surface area contributed by atoms with Crippen LogP contribution in [0.15, 0.2) is 24.3 Å². The zero-order valence-electron chi connectivity index (χ0n) is 12.1. The monoisotopic (exact) mass is 277 g/mol. The van der Waals surface area contributed by atoms with Gasteiger partial charge >= 0.3 is 0 Å². The number of hydrogen-bond acceptors (Lipinski definition) is 3. The van der Waals surface area contributed by atoms with E-state index in [2.05, 4.69) is 5.32 Å². The van der Waals surface area contributed by atoms with Crippen molar-refractivity contribution < 1.29 is 14.6 Å². The Balaban J connectivity index is 1.67. The minimum Gasteiger partial charge on any atom is -0.508 e. The second kappa shape index (κ2) is 6.75. The van der Waals surface area contributed by atoms with E-state index in [1.807, 2.05) is 26.0 Å². The van der Waals surface area contributed by atoms with Crippen molar-refractivity contribution in [2.24, 2.45) is 5.92 Å². The highest BCUT2D eigenvalue weighted by Crippen LogP contribution is 2.47. The average molecular weight is 277 g/mol. The van der Waals surface area contributed by atoms with Crippen LogP contribution >= 0.6 is 0 Å². The molecule has 0 saturated heterocycles. The Kier molecular flexibility index (Phi) is 5.01. The molecule has 110 valence electrons. The highest BCUT2D eigenvalue weighted by atomic mass is 16.5. The first kappa shape index (κ1) is 14.9. The smallest absolute Gasteiger partial charge is 0.223 e. The van der Waals surface area contributed by atoms with E-state index >= 15 is 0 Å². The summed E-state index contributed by atoms with van der Waals surface area (Å²) in [6.07, 6.45) is 1.99. The van der Waals surface area contributed by atoms with Gasteiger partial charge < -0.3 is 15.2 Å². The van der Waals surface area contributed by atoms with Gasteiger partial charge in [0.1, 0.15) is 5.75 Å². The predicted molar refractivity (Wildman–Crippen MR) is 77.7 cm³/mol. The first-order chi connectivity index (χ1) is 9.58. The van der Waals surface area contributed by atoms with Crippen molar-refractivity contribution >= 4 is 5.91 Å². The topological polar surface area (TPSA) is 58.6 Å². The molecule has 20 heavy (non-hydrogen) atoms. The van der Waals surface area contributed by atoms with E-state index < -0.39 is 0 Å². The lowest BCUT2D eigenvalue weighted by Crippen LogP contribution is -2.27. The quantitative estimate of drug-likeness (QED) is 0.753. The molecular formula is C16H23NO3. The SMILES string of the molecule is CC(C)OCCCNC(=O)C1CC1c1ccc(O)cc1. The number of phenolic OH excluding ortho intramolecular Hbond substituents is 1. The summed E-state index contributed by atoms with van der Waals surface area (Å²) < 4.78 is 5.43. The van der Waals surface area contributed by atoms with Crippen molar-refractivity contribution in [2.45, 2.75) is 38.7 Å². The molecule has 1 amide bonds. The molecule has 2 N–H and O–H groups in total. The molecule has 4 nitrogen and oxygen atoms in total. The Hall–Kier alpha value is -1.55. The maximum Gasteiger partial charge on any atom is 0.223 e. The fourth-order valence-electron chi connectivity index (χ4n) is 2.31. The molecule has 2 unspecified atom stereocenters. The lowest BCUT2D eigenvalue weighted by Gasteiger charge is -2.08. The molecule has 1 aliphatic rings. The molecule has 1 aromatic rings. The molecule has 1 saturated carbocycles. The molecule has 0 spiro atoms. The molecule has 0 radical (unpaired) electrons. The Bertz CT molecular complexity index is 442. The summed E-state index contributed by atoms with van der Waals surface area (Å²) in [5.74, 6) is 0.793. The molecule has 1 aliphatic carbocycles. The van der Waals surface area contributed by atoms with Gasteiger partial charge in [0, 0.05) is 19.1 Å². The van der Waals surface area contributed by atoms with Crippen LogP contribution < -0.4 is 5.32 Å². The Morgan fingerprint density at radius 3 is 2.75 bits per heavy atom. The molecule has 0 heterocycles. The van der Waals surface area contributed by atoms with Crippen LogP contribution in [-0.2, 0) is 9.53 Å². The second-order valence-electron chi connectivity index (χ2n) is 5.60. The van der Waals surface area contributed by atoms with Crippen LogP contribution in [0.2, 0.25) is 0 Å². The molecule has 1 fully saturated rings. The minimum atomic E-state index is 0.0885. The maximum atomic E-state index is 12.0. The molecular weight excluding hydrogens is 254 g/mol. The number of nitrogens with one attached hydrogen (secondary N) is 1. The number of amides is 1. The normalized spacial score (nSPS) is 20.9. The molecule has 4 heteroatoms. The molecule has 2 atom stereocenters. The number of hydrogen-bond donors (Lipinski definition) is 2. The lowest BCUT2D eigenvalue weighted by atomic mass is 10.1. The number of benzene rings is 1. The van der Waals surface area contributed by atoms with Crippen molar-refractivity contribution in [1.82, 2.24) is 5.32 Å². The first-order valence-corrected chi connectivity index (χ1v) is 7.26. The summed E-state index contributed by atoms with van der Waals surface area (Å²) in [5, 5.41) is 12.2. The van der Waals surface area contributed by atoms with Gasteiger partial charge in [0.15, 0.2) is 0 Å². The van der Waals surface area contributed by atoms with Gasteiger partial charge in [-0.05, 0) is 50.3 Å². The summed E-state index contributed by atoms with van der Waals surface area (Å²) >= 11 is 0. The Labute approximate surface area is 120 Å². The average Bonchev–Trinajstić information content (AvgIpc) is 3.19. The van der Waals surface area contributed by atoms with Gasteiger partial charge in [0.2, 0.25) is 5.91 Å². The third kappa shape index (κ3) is 4.23. The van der Waals surface area contributed by atoms with Crippen LogP contribution in [0, 0.1) is 5.92 Å². The summed E-state index contributed by atoms with van der Waals surface area (Å²) in [7, 11) is 0. The second-order valence-corrected chi connectivity index (χ2v) is 5.60. The standard InChI is InChI=1S/C16H23NO3/c1-11(2)20-9-3-8-17-16(19)15-10-14(15)12-4-6-13(18)7-5-12/h4-7,11,14-15,18H,3,8-10H2,1-2H3,(H,17,19). The summed E-state index contributed by atoms with van der Waals surface area (Å²) in [6.45, 7) is 5.37. The highest BCUT2D eigenvalue weighted by Gasteiger charge is 2.43. The number of aromatic hydroxyl groups is 1. The van der Waals surface area contributed by atoms with Gasteiger partial charge in [-0.15, -0.1) is 0 Å². The van der Waals surface area contributed by atoms with Gasteiger partial charge in [-0.1, -0.05) is 12.1 Å². The zero-order valence-corrected chi connectivity index (χ0v) is 12.1. The highest BCUT2D eigenvalue weighted by molar-refractivity contribution is 5.82.